The molecule has 0 atom stereocenters. The summed E-state index contributed by atoms with van der Waals surface area (Å²) in [5.74, 6) is 2.28. The molecule has 0 spiro atoms. The third-order valence-corrected chi connectivity index (χ3v) is 6.86. The Labute approximate surface area is 233 Å². The van der Waals surface area contributed by atoms with Gasteiger partial charge in [-0.1, -0.05) is 30.3 Å². The Morgan fingerprint density at radius 1 is 0.923 bits per heavy atom. The summed E-state index contributed by atoms with van der Waals surface area (Å²) in [5, 5.41) is 7.37. The molecular formula is C29H28ClN4O4S-. The van der Waals surface area contributed by atoms with Gasteiger partial charge in [0.1, 0.15) is 40.1 Å². The van der Waals surface area contributed by atoms with Crippen LogP contribution in [0.4, 0.5) is 11.5 Å². The summed E-state index contributed by atoms with van der Waals surface area (Å²) in [6.07, 6.45) is 4.44. The van der Waals surface area contributed by atoms with Gasteiger partial charge in [0.05, 0.1) is 17.5 Å². The summed E-state index contributed by atoms with van der Waals surface area (Å²) >= 11 is 0. The molecule has 202 valence electrons. The highest BCUT2D eigenvalue weighted by Gasteiger charge is 2.10. The Hall–Kier alpha value is -3.92. The number of nitrogens with zero attached hydrogens (tertiary/aromatic N) is 2. The number of halogens is 1. The Balaban J connectivity index is 0.00000353. The van der Waals surface area contributed by atoms with Crippen LogP contribution in [0, 0.1) is 0 Å². The van der Waals surface area contributed by atoms with Crippen molar-refractivity contribution in [2.24, 2.45) is 0 Å². The largest absolute Gasteiger partial charge is 1.00 e. The third kappa shape index (κ3) is 7.79. The van der Waals surface area contributed by atoms with E-state index in [2.05, 4.69) is 20.6 Å². The molecule has 0 amide bonds. The minimum Gasteiger partial charge on any atom is -1.00 e. The van der Waals surface area contributed by atoms with E-state index in [9.17, 15) is 8.42 Å². The van der Waals surface area contributed by atoms with E-state index in [1.807, 2.05) is 78.9 Å². The van der Waals surface area contributed by atoms with Gasteiger partial charge in [-0.05, 0) is 54.1 Å². The number of anilines is 2. The van der Waals surface area contributed by atoms with Crippen LogP contribution >= 0.6 is 0 Å². The van der Waals surface area contributed by atoms with E-state index in [0.29, 0.717) is 31.3 Å². The van der Waals surface area contributed by atoms with E-state index in [1.54, 1.807) is 6.26 Å². The van der Waals surface area contributed by atoms with Crippen molar-refractivity contribution >= 4 is 32.2 Å². The molecule has 5 rings (SSSR count). The lowest BCUT2D eigenvalue weighted by Gasteiger charge is -2.11. The molecule has 39 heavy (non-hydrogen) atoms. The number of benzene rings is 3. The summed E-state index contributed by atoms with van der Waals surface area (Å²) < 4.78 is 34.3. The number of sulfone groups is 1. The lowest BCUT2D eigenvalue weighted by Crippen LogP contribution is -3.00. The van der Waals surface area contributed by atoms with Gasteiger partial charge >= 0.3 is 0 Å². The van der Waals surface area contributed by atoms with Crippen LogP contribution in [0.1, 0.15) is 11.1 Å². The average molecular weight is 564 g/mol. The minimum absolute atomic E-state index is 0. The van der Waals surface area contributed by atoms with Gasteiger partial charge in [-0.2, -0.15) is 0 Å². The maximum absolute atomic E-state index is 11.3. The standard InChI is InChI=1S/C29H28N4O4S.ClH/c1-38(34,35)14-13-30-17-22-15-28(37-19-22)23-7-12-27-26(16-23)29(32-20-31-27)33-24-8-10-25(11-9-24)36-18-21-5-3-2-4-6-21;/h2-12,15-16,19-20,30H,13-14,17-18H2,1H3,(H,31,32,33);1H/p-1. The topological polar surface area (TPSA) is 106 Å². The maximum Gasteiger partial charge on any atom is 0.148 e. The molecule has 2 heterocycles. The first-order valence-electron chi connectivity index (χ1n) is 12.2. The highest BCUT2D eigenvalue weighted by atomic mass is 35.5. The van der Waals surface area contributed by atoms with Gasteiger partial charge in [0, 0.05) is 41.5 Å². The van der Waals surface area contributed by atoms with Gasteiger partial charge in [0.2, 0.25) is 0 Å². The number of ether oxygens (including phenoxy) is 1. The van der Waals surface area contributed by atoms with Crippen LogP contribution in [-0.2, 0) is 23.0 Å². The molecule has 0 bridgehead atoms. The summed E-state index contributed by atoms with van der Waals surface area (Å²) in [5.41, 5.74) is 4.63. The van der Waals surface area contributed by atoms with E-state index in [4.69, 9.17) is 9.15 Å². The highest BCUT2D eigenvalue weighted by Crippen LogP contribution is 2.30. The quantitative estimate of drug-likeness (QED) is 0.236. The third-order valence-electron chi connectivity index (χ3n) is 5.92. The van der Waals surface area contributed by atoms with Gasteiger partial charge in [0.25, 0.3) is 0 Å². The molecule has 0 unspecified atom stereocenters. The van der Waals surface area contributed by atoms with Crippen molar-refractivity contribution in [2.75, 3.05) is 23.9 Å². The molecule has 0 saturated heterocycles. The predicted molar refractivity (Wildman–Crippen MR) is 149 cm³/mol. The minimum atomic E-state index is -2.99. The summed E-state index contributed by atoms with van der Waals surface area (Å²) in [6, 6.07) is 25.6. The Morgan fingerprint density at radius 3 is 2.49 bits per heavy atom. The lowest BCUT2D eigenvalue weighted by molar-refractivity contribution is -0.0000110. The second kappa shape index (κ2) is 12.8. The van der Waals surface area contributed by atoms with Crippen molar-refractivity contribution < 1.29 is 30.0 Å². The molecule has 0 saturated carbocycles. The molecule has 2 aromatic heterocycles. The Morgan fingerprint density at radius 2 is 1.72 bits per heavy atom. The van der Waals surface area contributed by atoms with Crippen LogP contribution in [0.2, 0.25) is 0 Å². The maximum atomic E-state index is 11.3. The Kier molecular flexibility index (Phi) is 9.19. The molecule has 2 N–H and O–H groups in total. The normalized spacial score (nSPS) is 11.2. The first-order valence-corrected chi connectivity index (χ1v) is 14.2. The van der Waals surface area contributed by atoms with Gasteiger partial charge < -0.3 is 32.2 Å². The van der Waals surface area contributed by atoms with Gasteiger partial charge in [-0.3, -0.25) is 0 Å². The second-order valence-corrected chi connectivity index (χ2v) is 11.3. The number of hydrogen-bond acceptors (Lipinski definition) is 8. The van der Waals surface area contributed by atoms with E-state index < -0.39 is 9.84 Å². The van der Waals surface area contributed by atoms with Gasteiger partial charge in [-0.15, -0.1) is 0 Å². The van der Waals surface area contributed by atoms with Crippen molar-refractivity contribution in [1.29, 1.82) is 0 Å². The molecule has 5 aromatic rings. The molecule has 0 aliphatic heterocycles. The van der Waals surface area contributed by atoms with E-state index >= 15 is 0 Å². The van der Waals surface area contributed by atoms with Crippen molar-refractivity contribution in [2.45, 2.75) is 13.2 Å². The summed E-state index contributed by atoms with van der Waals surface area (Å²) in [7, 11) is -2.99. The van der Waals surface area contributed by atoms with Crippen LogP contribution in [0.25, 0.3) is 22.2 Å². The smallest absolute Gasteiger partial charge is 0.148 e. The zero-order chi connectivity index (χ0) is 26.4. The van der Waals surface area contributed by atoms with Crippen LogP contribution in [-0.4, -0.2) is 36.9 Å². The molecule has 8 nitrogen and oxygen atoms in total. The number of furan rings is 1. The fraction of sp³-hybridized carbons (Fsp3) is 0.172. The van der Waals surface area contributed by atoms with Crippen LogP contribution < -0.4 is 27.8 Å². The van der Waals surface area contributed by atoms with Crippen molar-refractivity contribution in [1.82, 2.24) is 15.3 Å². The molecule has 10 heteroatoms. The fourth-order valence-electron chi connectivity index (χ4n) is 3.93. The molecule has 0 radical (unpaired) electrons. The molecule has 3 aromatic carbocycles. The van der Waals surface area contributed by atoms with Crippen molar-refractivity contribution in [3.05, 3.63) is 103 Å². The number of nitrogens with one attached hydrogen (secondary N) is 2. The van der Waals surface area contributed by atoms with Crippen LogP contribution in [0.5, 0.6) is 5.75 Å². The van der Waals surface area contributed by atoms with Crippen molar-refractivity contribution in [3.8, 4) is 17.1 Å². The monoisotopic (exact) mass is 563 g/mol. The molecule has 0 aliphatic rings. The predicted octanol–water partition coefficient (Wildman–Crippen LogP) is 2.35. The van der Waals surface area contributed by atoms with E-state index in [-0.39, 0.29) is 18.2 Å². The van der Waals surface area contributed by atoms with E-state index in [0.717, 1.165) is 39.0 Å². The highest BCUT2D eigenvalue weighted by molar-refractivity contribution is 7.90. The van der Waals surface area contributed by atoms with Crippen LogP contribution in [0.15, 0.2) is 95.9 Å². The summed E-state index contributed by atoms with van der Waals surface area (Å²) in [4.78, 5) is 8.87. The van der Waals surface area contributed by atoms with Gasteiger partial charge in [-0.25, -0.2) is 18.4 Å². The number of fused-ring (bicyclic) bond motifs is 1. The van der Waals surface area contributed by atoms with E-state index in [1.165, 1.54) is 12.6 Å². The lowest BCUT2D eigenvalue weighted by atomic mass is 10.1. The first kappa shape index (κ1) is 28.1. The molecule has 0 aliphatic carbocycles. The Bertz CT molecular complexity index is 1620. The molecular weight excluding hydrogens is 536 g/mol. The zero-order valence-corrected chi connectivity index (χ0v) is 22.9. The zero-order valence-electron chi connectivity index (χ0n) is 21.3. The number of aromatic nitrogens is 2. The van der Waals surface area contributed by atoms with Gasteiger partial charge in [0.15, 0.2) is 0 Å². The summed E-state index contributed by atoms with van der Waals surface area (Å²) in [6.45, 7) is 1.42. The fourth-order valence-corrected chi connectivity index (χ4v) is 4.45. The van der Waals surface area contributed by atoms with Crippen molar-refractivity contribution in [3.63, 3.8) is 0 Å². The number of rotatable bonds is 11. The SMILES string of the molecule is CS(=O)(=O)CCNCc1coc(-c2ccc3ncnc(Nc4ccc(OCc5ccccc5)cc4)c3c2)c1.[Cl-]. The average Bonchev–Trinajstić information content (AvgIpc) is 3.40. The molecule has 0 fully saturated rings. The first-order chi connectivity index (χ1) is 18.4. The number of hydrogen-bond donors (Lipinski definition) is 2. The van der Waals surface area contributed by atoms with Crippen LogP contribution in [0.3, 0.4) is 0 Å². The second-order valence-electron chi connectivity index (χ2n) is 9.00.